The summed E-state index contributed by atoms with van der Waals surface area (Å²) in [5, 5.41) is 7.38. The zero-order valence-electron chi connectivity index (χ0n) is 10.4. The van der Waals surface area contributed by atoms with Gasteiger partial charge in [0.2, 0.25) is 5.89 Å². The Balaban J connectivity index is 1.76. The van der Waals surface area contributed by atoms with Crippen LogP contribution >= 0.6 is 0 Å². The third-order valence-electron chi connectivity index (χ3n) is 3.56. The highest BCUT2D eigenvalue weighted by Crippen LogP contribution is 2.36. The van der Waals surface area contributed by atoms with E-state index in [4.69, 9.17) is 4.52 Å². The fraction of sp³-hybridized carbons (Fsp3) is 0.833. The maximum absolute atomic E-state index is 5.08. The van der Waals surface area contributed by atoms with Crippen molar-refractivity contribution in [1.82, 2.24) is 15.5 Å². The number of aryl methyl sites for hydroxylation is 1. The summed E-state index contributed by atoms with van der Waals surface area (Å²) in [6.07, 6.45) is 4.78. The van der Waals surface area contributed by atoms with E-state index >= 15 is 0 Å². The molecule has 0 spiro atoms. The third-order valence-corrected chi connectivity index (χ3v) is 3.56. The molecule has 2 rings (SSSR count). The summed E-state index contributed by atoms with van der Waals surface area (Å²) in [6, 6.07) is 0.636. The average molecular weight is 223 g/mol. The Morgan fingerprint density at radius 1 is 1.50 bits per heavy atom. The van der Waals surface area contributed by atoms with Crippen molar-refractivity contribution in [1.29, 1.82) is 0 Å². The Bertz CT molecular complexity index is 346. The minimum absolute atomic E-state index is 0.435. The second-order valence-electron chi connectivity index (χ2n) is 5.37. The van der Waals surface area contributed by atoms with Gasteiger partial charge in [0, 0.05) is 19.0 Å². The molecule has 0 amide bonds. The number of nitrogens with zero attached hydrogens (tertiary/aromatic N) is 2. The minimum Gasteiger partial charge on any atom is -0.339 e. The molecular formula is C12H21N3O. The van der Waals surface area contributed by atoms with Gasteiger partial charge in [0.05, 0.1) is 0 Å². The molecule has 1 atom stereocenters. The molecule has 0 saturated heterocycles. The first kappa shape index (κ1) is 11.6. The molecular weight excluding hydrogens is 202 g/mol. The largest absolute Gasteiger partial charge is 0.339 e. The number of hydrogen-bond donors (Lipinski definition) is 1. The zero-order valence-corrected chi connectivity index (χ0v) is 10.4. The van der Waals surface area contributed by atoms with E-state index in [9.17, 15) is 0 Å². The van der Waals surface area contributed by atoms with E-state index in [2.05, 4.69) is 29.3 Å². The first-order valence-electron chi connectivity index (χ1n) is 6.10. The van der Waals surface area contributed by atoms with E-state index in [1.54, 1.807) is 0 Å². The van der Waals surface area contributed by atoms with E-state index in [0.29, 0.717) is 11.5 Å². The van der Waals surface area contributed by atoms with Crippen LogP contribution in [0.3, 0.4) is 0 Å². The summed E-state index contributed by atoms with van der Waals surface area (Å²) < 4.78 is 5.08. The van der Waals surface area contributed by atoms with E-state index in [1.807, 2.05) is 6.92 Å². The molecule has 0 aliphatic heterocycles. The van der Waals surface area contributed by atoms with Gasteiger partial charge in [-0.25, -0.2) is 0 Å². The highest BCUT2D eigenvalue weighted by atomic mass is 16.5. The fourth-order valence-corrected chi connectivity index (χ4v) is 2.50. The molecule has 1 aliphatic carbocycles. The minimum atomic E-state index is 0.435. The topological polar surface area (TPSA) is 51.0 Å². The van der Waals surface area contributed by atoms with Crippen molar-refractivity contribution < 1.29 is 4.52 Å². The lowest BCUT2D eigenvalue weighted by Crippen LogP contribution is -2.38. The van der Waals surface area contributed by atoms with Crippen LogP contribution in [0.15, 0.2) is 4.52 Å². The highest BCUT2D eigenvalue weighted by molar-refractivity contribution is 4.91. The molecule has 0 bridgehead atoms. The van der Waals surface area contributed by atoms with Crippen LogP contribution in [0.5, 0.6) is 0 Å². The fourth-order valence-electron chi connectivity index (χ4n) is 2.50. The molecule has 1 unspecified atom stereocenters. The predicted octanol–water partition coefficient (Wildman–Crippen LogP) is 2.09. The van der Waals surface area contributed by atoms with Crippen LogP contribution in [0.1, 0.15) is 44.8 Å². The van der Waals surface area contributed by atoms with Crippen LogP contribution in [-0.4, -0.2) is 22.7 Å². The van der Waals surface area contributed by atoms with Gasteiger partial charge in [-0.3, -0.25) is 0 Å². The molecule has 1 saturated carbocycles. The zero-order chi connectivity index (χ0) is 11.6. The summed E-state index contributed by atoms with van der Waals surface area (Å²) in [5.74, 6) is 1.46. The summed E-state index contributed by atoms with van der Waals surface area (Å²) in [7, 11) is 0. The van der Waals surface area contributed by atoms with Crippen molar-refractivity contribution in [3.63, 3.8) is 0 Å². The van der Waals surface area contributed by atoms with Gasteiger partial charge in [0.25, 0.3) is 0 Å². The lowest BCUT2D eigenvalue weighted by atomic mass is 9.87. The number of aromatic nitrogens is 2. The first-order chi connectivity index (χ1) is 7.58. The molecule has 1 N–H and O–H groups in total. The molecule has 0 aromatic carbocycles. The van der Waals surface area contributed by atoms with Gasteiger partial charge >= 0.3 is 0 Å². The summed E-state index contributed by atoms with van der Waals surface area (Å²) in [5.41, 5.74) is 0.435. The van der Waals surface area contributed by atoms with Gasteiger partial charge in [0.1, 0.15) is 0 Å². The van der Waals surface area contributed by atoms with Gasteiger partial charge < -0.3 is 9.84 Å². The average Bonchev–Trinajstić information content (AvgIpc) is 2.74. The Morgan fingerprint density at radius 3 is 2.88 bits per heavy atom. The van der Waals surface area contributed by atoms with E-state index in [-0.39, 0.29) is 0 Å². The molecule has 1 aromatic heterocycles. The second-order valence-corrected chi connectivity index (χ2v) is 5.37. The molecule has 16 heavy (non-hydrogen) atoms. The third kappa shape index (κ3) is 2.61. The van der Waals surface area contributed by atoms with E-state index in [1.165, 1.54) is 19.3 Å². The van der Waals surface area contributed by atoms with Gasteiger partial charge in [-0.05, 0) is 25.2 Å². The van der Waals surface area contributed by atoms with E-state index < -0.39 is 0 Å². The Morgan fingerprint density at radius 2 is 2.31 bits per heavy atom. The van der Waals surface area contributed by atoms with Crippen LogP contribution in [0.4, 0.5) is 0 Å². The van der Waals surface area contributed by atoms with Crippen molar-refractivity contribution in [2.24, 2.45) is 5.41 Å². The van der Waals surface area contributed by atoms with E-state index in [0.717, 1.165) is 24.7 Å². The van der Waals surface area contributed by atoms with Crippen molar-refractivity contribution in [3.05, 3.63) is 11.7 Å². The van der Waals surface area contributed by atoms with Crippen LogP contribution < -0.4 is 5.32 Å². The van der Waals surface area contributed by atoms with Crippen molar-refractivity contribution >= 4 is 0 Å². The Labute approximate surface area is 96.8 Å². The Hall–Kier alpha value is -0.900. The van der Waals surface area contributed by atoms with Crippen LogP contribution in [-0.2, 0) is 6.42 Å². The number of hydrogen-bond acceptors (Lipinski definition) is 4. The SMILES string of the molecule is Cc1noc(CCNC2CCCC2(C)C)n1. The molecule has 4 heteroatoms. The van der Waals surface area contributed by atoms with Crippen molar-refractivity contribution in [2.75, 3.05) is 6.54 Å². The molecule has 1 aromatic rings. The monoisotopic (exact) mass is 223 g/mol. The van der Waals surface area contributed by atoms with Crippen molar-refractivity contribution in [2.45, 2.75) is 52.5 Å². The molecule has 1 fully saturated rings. The molecule has 1 heterocycles. The van der Waals surface area contributed by atoms with Gasteiger partial charge in [-0.15, -0.1) is 0 Å². The molecule has 1 aliphatic rings. The maximum Gasteiger partial charge on any atom is 0.227 e. The van der Waals surface area contributed by atoms with Crippen LogP contribution in [0, 0.1) is 12.3 Å². The standard InChI is InChI=1S/C12H21N3O/c1-9-14-11(16-15-9)6-8-13-10-5-4-7-12(10,2)3/h10,13H,4-8H2,1-3H3. The molecule has 4 nitrogen and oxygen atoms in total. The predicted molar refractivity (Wildman–Crippen MR) is 62.2 cm³/mol. The quantitative estimate of drug-likeness (QED) is 0.849. The Kier molecular flexibility index (Phi) is 3.28. The summed E-state index contributed by atoms with van der Waals surface area (Å²) in [4.78, 5) is 4.19. The highest BCUT2D eigenvalue weighted by Gasteiger charge is 2.33. The first-order valence-corrected chi connectivity index (χ1v) is 6.10. The summed E-state index contributed by atoms with van der Waals surface area (Å²) >= 11 is 0. The van der Waals surface area contributed by atoms with Gasteiger partial charge in [0.15, 0.2) is 5.82 Å². The lowest BCUT2D eigenvalue weighted by molar-refractivity contribution is 0.281. The maximum atomic E-state index is 5.08. The van der Waals surface area contributed by atoms with Gasteiger partial charge in [-0.2, -0.15) is 4.98 Å². The van der Waals surface area contributed by atoms with Gasteiger partial charge in [-0.1, -0.05) is 25.4 Å². The normalized spacial score (nSPS) is 23.8. The number of rotatable bonds is 4. The second kappa shape index (κ2) is 4.53. The van der Waals surface area contributed by atoms with Crippen LogP contribution in [0.25, 0.3) is 0 Å². The van der Waals surface area contributed by atoms with Crippen LogP contribution in [0.2, 0.25) is 0 Å². The molecule has 0 radical (unpaired) electrons. The summed E-state index contributed by atoms with van der Waals surface area (Å²) in [6.45, 7) is 7.46. The smallest absolute Gasteiger partial charge is 0.227 e. The molecule has 90 valence electrons. The number of nitrogens with one attached hydrogen (secondary N) is 1. The van der Waals surface area contributed by atoms with Crippen molar-refractivity contribution in [3.8, 4) is 0 Å². The lowest BCUT2D eigenvalue weighted by Gasteiger charge is -2.27.